The van der Waals surface area contributed by atoms with Crippen LogP contribution in [0.15, 0.2) is 18.3 Å². The minimum absolute atomic E-state index is 0.140. The molecule has 0 unspecified atom stereocenters. The molecule has 6 heteroatoms. The molecule has 17 heavy (non-hydrogen) atoms. The zero-order chi connectivity index (χ0) is 12.6. The first-order valence-corrected chi connectivity index (χ1v) is 5.30. The summed E-state index contributed by atoms with van der Waals surface area (Å²) in [4.78, 5) is 14.7. The summed E-state index contributed by atoms with van der Waals surface area (Å²) in [5.74, 6) is -0.460. The average Bonchev–Trinajstić information content (AvgIpc) is 2.57. The van der Waals surface area contributed by atoms with Crippen LogP contribution in [0.4, 0.5) is 0 Å². The molecule has 0 saturated carbocycles. The van der Waals surface area contributed by atoms with Crippen LogP contribution in [-0.2, 0) is 0 Å². The van der Waals surface area contributed by atoms with E-state index < -0.39 is 5.97 Å². The number of aromatic nitrogens is 3. The molecule has 2 aromatic heterocycles. The summed E-state index contributed by atoms with van der Waals surface area (Å²) in [6.07, 6.45) is 1.29. The third-order valence-corrected chi connectivity index (χ3v) is 2.96. The fraction of sp³-hybridized carbons (Fsp3) is 0.182. The average molecular weight is 252 g/mol. The van der Waals surface area contributed by atoms with Crippen molar-refractivity contribution in [2.45, 2.75) is 13.8 Å². The van der Waals surface area contributed by atoms with Crippen molar-refractivity contribution in [2.24, 2.45) is 0 Å². The van der Waals surface area contributed by atoms with E-state index in [4.69, 9.17) is 16.7 Å². The number of nitrogens with zero attached hydrogens (tertiary/aromatic N) is 3. The van der Waals surface area contributed by atoms with Crippen molar-refractivity contribution in [1.82, 2.24) is 14.8 Å². The highest BCUT2D eigenvalue weighted by Gasteiger charge is 2.12. The van der Waals surface area contributed by atoms with Gasteiger partial charge in [0.25, 0.3) is 0 Å². The Balaban J connectivity index is 2.47. The van der Waals surface area contributed by atoms with Gasteiger partial charge in [-0.25, -0.2) is 14.5 Å². The summed E-state index contributed by atoms with van der Waals surface area (Å²) in [6, 6.07) is 3.08. The minimum Gasteiger partial charge on any atom is -0.478 e. The Morgan fingerprint density at radius 3 is 2.53 bits per heavy atom. The molecule has 0 aliphatic rings. The number of carboxylic acids is 1. The summed E-state index contributed by atoms with van der Waals surface area (Å²) >= 11 is 6.02. The molecule has 0 fully saturated rings. The molecule has 2 aromatic rings. The van der Waals surface area contributed by atoms with Crippen LogP contribution in [0.25, 0.3) is 5.82 Å². The van der Waals surface area contributed by atoms with Crippen molar-refractivity contribution in [3.63, 3.8) is 0 Å². The van der Waals surface area contributed by atoms with E-state index in [1.165, 1.54) is 12.3 Å². The molecule has 0 aliphatic heterocycles. The van der Waals surface area contributed by atoms with E-state index in [2.05, 4.69) is 10.1 Å². The van der Waals surface area contributed by atoms with Crippen molar-refractivity contribution in [3.05, 3.63) is 40.3 Å². The Labute approximate surface area is 103 Å². The minimum atomic E-state index is -1.00. The van der Waals surface area contributed by atoms with Crippen LogP contribution >= 0.6 is 11.6 Å². The number of halogens is 1. The molecule has 2 rings (SSSR count). The number of pyridine rings is 1. The van der Waals surface area contributed by atoms with Gasteiger partial charge in [0.05, 0.1) is 22.0 Å². The summed E-state index contributed by atoms with van der Waals surface area (Å²) in [5.41, 5.74) is 1.63. The first-order chi connectivity index (χ1) is 8.00. The molecule has 0 aliphatic carbocycles. The largest absolute Gasteiger partial charge is 0.478 e. The number of carbonyl (C=O) groups is 1. The molecule has 5 nitrogen and oxygen atoms in total. The van der Waals surface area contributed by atoms with Crippen molar-refractivity contribution < 1.29 is 9.90 Å². The Morgan fingerprint density at radius 1 is 1.41 bits per heavy atom. The van der Waals surface area contributed by atoms with Crippen LogP contribution < -0.4 is 0 Å². The van der Waals surface area contributed by atoms with Gasteiger partial charge in [0, 0.05) is 6.20 Å². The van der Waals surface area contributed by atoms with E-state index in [1.54, 1.807) is 17.7 Å². The summed E-state index contributed by atoms with van der Waals surface area (Å²) in [6.45, 7) is 3.63. The van der Waals surface area contributed by atoms with Crippen LogP contribution in [0.5, 0.6) is 0 Å². The van der Waals surface area contributed by atoms with Gasteiger partial charge in [0.15, 0.2) is 5.82 Å². The first-order valence-electron chi connectivity index (χ1n) is 4.92. The second-order valence-corrected chi connectivity index (χ2v) is 3.98. The van der Waals surface area contributed by atoms with Crippen LogP contribution in [0.3, 0.4) is 0 Å². The van der Waals surface area contributed by atoms with Crippen LogP contribution in [0.2, 0.25) is 5.02 Å². The third kappa shape index (κ3) is 2.01. The normalized spacial score (nSPS) is 10.5. The zero-order valence-corrected chi connectivity index (χ0v) is 10.1. The van der Waals surface area contributed by atoms with E-state index in [9.17, 15) is 4.79 Å². The van der Waals surface area contributed by atoms with Gasteiger partial charge < -0.3 is 5.11 Å². The Bertz CT molecular complexity index is 575. The lowest BCUT2D eigenvalue weighted by atomic mass is 10.3. The molecule has 0 atom stereocenters. The topological polar surface area (TPSA) is 68.0 Å². The number of aromatic carboxylic acids is 1. The van der Waals surface area contributed by atoms with E-state index in [-0.39, 0.29) is 5.56 Å². The molecule has 88 valence electrons. The van der Waals surface area contributed by atoms with Gasteiger partial charge in [-0.05, 0) is 26.0 Å². The van der Waals surface area contributed by atoms with Gasteiger partial charge in [0.1, 0.15) is 0 Å². The van der Waals surface area contributed by atoms with Gasteiger partial charge in [-0.2, -0.15) is 5.10 Å². The van der Waals surface area contributed by atoms with Gasteiger partial charge >= 0.3 is 5.97 Å². The Kier molecular flexibility index (Phi) is 2.85. The van der Waals surface area contributed by atoms with Gasteiger partial charge in [-0.15, -0.1) is 0 Å². The first kappa shape index (κ1) is 11.6. The number of rotatable bonds is 2. The van der Waals surface area contributed by atoms with Gasteiger partial charge in [-0.1, -0.05) is 11.6 Å². The van der Waals surface area contributed by atoms with Gasteiger partial charge in [0.2, 0.25) is 0 Å². The highest BCUT2D eigenvalue weighted by atomic mass is 35.5. The lowest BCUT2D eigenvalue weighted by molar-refractivity contribution is 0.0696. The molecule has 0 saturated heterocycles. The van der Waals surface area contributed by atoms with Crippen molar-refractivity contribution in [3.8, 4) is 5.82 Å². The molecule has 1 N–H and O–H groups in total. The van der Waals surface area contributed by atoms with Crippen molar-refractivity contribution in [1.29, 1.82) is 0 Å². The maximum atomic E-state index is 10.7. The highest BCUT2D eigenvalue weighted by molar-refractivity contribution is 6.31. The molecular formula is C11H10ClN3O2. The number of hydrogen-bond donors (Lipinski definition) is 1. The smallest absolute Gasteiger partial charge is 0.337 e. The van der Waals surface area contributed by atoms with E-state index in [1.807, 2.05) is 6.92 Å². The van der Waals surface area contributed by atoms with Crippen LogP contribution in [-0.4, -0.2) is 25.8 Å². The summed E-state index contributed by atoms with van der Waals surface area (Å²) in [7, 11) is 0. The molecule has 2 heterocycles. The lowest BCUT2D eigenvalue weighted by Crippen LogP contribution is -2.04. The highest BCUT2D eigenvalue weighted by Crippen LogP contribution is 2.21. The molecule has 0 spiro atoms. The van der Waals surface area contributed by atoms with Crippen molar-refractivity contribution >= 4 is 17.6 Å². The van der Waals surface area contributed by atoms with Gasteiger partial charge in [-0.3, -0.25) is 0 Å². The molecule has 0 bridgehead atoms. The summed E-state index contributed by atoms with van der Waals surface area (Å²) < 4.78 is 1.59. The summed E-state index contributed by atoms with van der Waals surface area (Å²) in [5, 5.41) is 13.6. The van der Waals surface area contributed by atoms with E-state index in [0.717, 1.165) is 5.69 Å². The third-order valence-electron chi connectivity index (χ3n) is 2.41. The SMILES string of the molecule is Cc1nn(-c2ccc(C(=O)O)cn2)c(C)c1Cl. The quantitative estimate of drug-likeness (QED) is 0.889. The monoisotopic (exact) mass is 251 g/mol. The van der Waals surface area contributed by atoms with Crippen LogP contribution in [0.1, 0.15) is 21.7 Å². The van der Waals surface area contributed by atoms with Crippen molar-refractivity contribution in [2.75, 3.05) is 0 Å². The number of hydrogen-bond acceptors (Lipinski definition) is 3. The van der Waals surface area contributed by atoms with E-state index >= 15 is 0 Å². The zero-order valence-electron chi connectivity index (χ0n) is 9.31. The standard InChI is InChI=1S/C11H10ClN3O2/c1-6-10(12)7(2)15(14-6)9-4-3-8(5-13-9)11(16)17/h3-5H,1-2H3,(H,16,17). The second kappa shape index (κ2) is 4.18. The maximum absolute atomic E-state index is 10.7. The maximum Gasteiger partial charge on any atom is 0.337 e. The Hall–Kier alpha value is -1.88. The predicted octanol–water partition coefficient (Wildman–Crippen LogP) is 2.24. The number of aryl methyl sites for hydroxylation is 1. The molecule has 0 aromatic carbocycles. The second-order valence-electron chi connectivity index (χ2n) is 3.61. The van der Waals surface area contributed by atoms with E-state index in [0.29, 0.717) is 16.5 Å². The molecule has 0 amide bonds. The Morgan fingerprint density at radius 2 is 2.12 bits per heavy atom. The number of carboxylic acid groups (broad SMARTS) is 1. The molecule has 0 radical (unpaired) electrons. The predicted molar refractivity (Wildman–Crippen MR) is 62.8 cm³/mol. The lowest BCUT2D eigenvalue weighted by Gasteiger charge is -2.03. The molecular weight excluding hydrogens is 242 g/mol. The fourth-order valence-electron chi connectivity index (χ4n) is 1.48. The fourth-order valence-corrected chi connectivity index (χ4v) is 1.60. The van der Waals surface area contributed by atoms with Crippen LogP contribution in [0, 0.1) is 13.8 Å².